The molecule has 32 heavy (non-hydrogen) atoms. The highest BCUT2D eigenvalue weighted by Crippen LogP contribution is 2.27. The van der Waals surface area contributed by atoms with Gasteiger partial charge in [-0.15, -0.1) is 0 Å². The van der Waals surface area contributed by atoms with E-state index in [-0.39, 0.29) is 5.91 Å². The van der Waals surface area contributed by atoms with Crippen LogP contribution in [0.2, 0.25) is 0 Å². The summed E-state index contributed by atoms with van der Waals surface area (Å²) < 4.78 is 10.6. The molecule has 1 aliphatic carbocycles. The summed E-state index contributed by atoms with van der Waals surface area (Å²) in [5, 5.41) is 4.17. The van der Waals surface area contributed by atoms with Crippen molar-refractivity contribution < 1.29 is 14.3 Å². The average molecular weight is 436 g/mol. The zero-order valence-corrected chi connectivity index (χ0v) is 19.2. The normalized spacial score (nSPS) is 14.6. The zero-order valence-electron chi connectivity index (χ0n) is 19.2. The van der Waals surface area contributed by atoms with Crippen LogP contribution in [0.5, 0.6) is 11.5 Å². The lowest BCUT2D eigenvalue weighted by Gasteiger charge is -2.31. The second-order valence-electron chi connectivity index (χ2n) is 8.65. The first-order valence-electron chi connectivity index (χ1n) is 11.4. The van der Waals surface area contributed by atoms with Crippen LogP contribution in [-0.2, 0) is 6.42 Å². The van der Waals surface area contributed by atoms with Crippen molar-refractivity contribution in [3.05, 3.63) is 53.7 Å². The van der Waals surface area contributed by atoms with E-state index in [1.165, 1.54) is 37.7 Å². The molecule has 3 aromatic rings. The third-order valence-corrected chi connectivity index (χ3v) is 6.57. The number of benzene rings is 2. The van der Waals surface area contributed by atoms with Gasteiger partial charge in [0, 0.05) is 47.0 Å². The van der Waals surface area contributed by atoms with Crippen LogP contribution in [0.25, 0.3) is 10.9 Å². The summed E-state index contributed by atoms with van der Waals surface area (Å²) in [7, 11) is 5.39. The Labute approximate surface area is 189 Å². The number of amides is 1. The molecule has 1 saturated carbocycles. The highest BCUT2D eigenvalue weighted by molar-refractivity contribution is 6.05. The van der Waals surface area contributed by atoms with Crippen LogP contribution in [-0.4, -0.2) is 49.6 Å². The minimum atomic E-state index is -0.198. The van der Waals surface area contributed by atoms with Crippen molar-refractivity contribution in [1.82, 2.24) is 9.88 Å². The zero-order chi connectivity index (χ0) is 22.5. The third-order valence-electron chi connectivity index (χ3n) is 6.57. The highest BCUT2D eigenvalue weighted by atomic mass is 16.5. The SMILES string of the molecule is COc1cc(OC)cc(C(=O)Nc2ccc3[nH]cc(CCN(C)C4CCCCC4)c3c2)c1. The molecule has 6 heteroatoms. The highest BCUT2D eigenvalue weighted by Gasteiger charge is 2.18. The van der Waals surface area contributed by atoms with Gasteiger partial charge in [0.15, 0.2) is 0 Å². The average Bonchev–Trinajstić information content (AvgIpc) is 3.24. The summed E-state index contributed by atoms with van der Waals surface area (Å²) in [5.41, 5.74) is 3.62. The van der Waals surface area contributed by atoms with Gasteiger partial charge in [-0.3, -0.25) is 4.79 Å². The molecule has 0 radical (unpaired) electrons. The Morgan fingerprint density at radius 1 is 1.06 bits per heavy atom. The molecule has 1 amide bonds. The van der Waals surface area contributed by atoms with Gasteiger partial charge in [-0.1, -0.05) is 19.3 Å². The van der Waals surface area contributed by atoms with E-state index in [0.29, 0.717) is 23.1 Å². The van der Waals surface area contributed by atoms with E-state index < -0.39 is 0 Å². The maximum atomic E-state index is 12.9. The third kappa shape index (κ3) is 5.07. The Hall–Kier alpha value is -2.99. The topological polar surface area (TPSA) is 66.6 Å². The first-order valence-corrected chi connectivity index (χ1v) is 11.4. The number of rotatable bonds is 8. The van der Waals surface area contributed by atoms with Gasteiger partial charge < -0.3 is 24.7 Å². The van der Waals surface area contributed by atoms with Gasteiger partial charge >= 0.3 is 0 Å². The van der Waals surface area contributed by atoms with Gasteiger partial charge in [-0.05, 0) is 62.2 Å². The van der Waals surface area contributed by atoms with Crippen molar-refractivity contribution in [1.29, 1.82) is 0 Å². The van der Waals surface area contributed by atoms with Gasteiger partial charge in [-0.2, -0.15) is 0 Å². The van der Waals surface area contributed by atoms with E-state index in [1.54, 1.807) is 32.4 Å². The molecule has 2 N–H and O–H groups in total. The maximum Gasteiger partial charge on any atom is 0.255 e. The first kappa shape index (κ1) is 22.2. The second-order valence-corrected chi connectivity index (χ2v) is 8.65. The molecule has 0 bridgehead atoms. The Morgan fingerprint density at radius 3 is 2.47 bits per heavy atom. The molecule has 1 aliphatic rings. The molecule has 6 nitrogen and oxygen atoms in total. The Kier molecular flexibility index (Phi) is 7.00. The summed E-state index contributed by atoms with van der Waals surface area (Å²) in [6, 6.07) is 11.9. The van der Waals surface area contributed by atoms with Crippen molar-refractivity contribution in [2.75, 3.05) is 33.1 Å². The predicted molar refractivity (Wildman–Crippen MR) is 129 cm³/mol. The number of fused-ring (bicyclic) bond motifs is 1. The van der Waals surface area contributed by atoms with E-state index in [2.05, 4.69) is 34.5 Å². The van der Waals surface area contributed by atoms with Crippen LogP contribution in [0.1, 0.15) is 48.0 Å². The number of aromatic nitrogens is 1. The monoisotopic (exact) mass is 435 g/mol. The fraction of sp³-hybridized carbons (Fsp3) is 0.423. The minimum absolute atomic E-state index is 0.198. The van der Waals surface area contributed by atoms with E-state index in [9.17, 15) is 4.79 Å². The molecule has 4 rings (SSSR count). The molecule has 0 spiro atoms. The van der Waals surface area contributed by atoms with E-state index >= 15 is 0 Å². The number of H-pyrrole nitrogens is 1. The van der Waals surface area contributed by atoms with E-state index in [4.69, 9.17) is 9.47 Å². The number of aromatic amines is 1. The largest absolute Gasteiger partial charge is 0.497 e. The lowest BCUT2D eigenvalue weighted by Crippen LogP contribution is -2.34. The van der Waals surface area contributed by atoms with Crippen LogP contribution in [0, 0.1) is 0 Å². The molecular formula is C26H33N3O3. The number of ether oxygens (including phenoxy) is 2. The Bertz CT molecular complexity index is 1050. The maximum absolute atomic E-state index is 12.9. The fourth-order valence-electron chi connectivity index (χ4n) is 4.61. The van der Waals surface area contributed by atoms with Crippen molar-refractivity contribution in [3.8, 4) is 11.5 Å². The van der Waals surface area contributed by atoms with Crippen molar-refractivity contribution in [3.63, 3.8) is 0 Å². The smallest absolute Gasteiger partial charge is 0.255 e. The summed E-state index contributed by atoms with van der Waals surface area (Å²) in [4.78, 5) is 18.7. The molecule has 0 saturated heterocycles. The minimum Gasteiger partial charge on any atom is -0.497 e. The molecule has 1 heterocycles. The summed E-state index contributed by atoms with van der Waals surface area (Å²) in [6.07, 6.45) is 9.79. The number of hydrogen-bond donors (Lipinski definition) is 2. The predicted octanol–water partition coefficient (Wildman–Crippen LogP) is 5.24. The van der Waals surface area contributed by atoms with Crippen LogP contribution >= 0.6 is 0 Å². The summed E-state index contributed by atoms with van der Waals surface area (Å²) in [5.74, 6) is 0.968. The lowest BCUT2D eigenvalue weighted by atomic mass is 9.94. The molecule has 0 unspecified atom stereocenters. The van der Waals surface area contributed by atoms with Crippen molar-refractivity contribution in [2.45, 2.75) is 44.6 Å². The molecule has 170 valence electrons. The molecule has 0 aliphatic heterocycles. The van der Waals surface area contributed by atoms with Gasteiger partial charge in [0.05, 0.1) is 14.2 Å². The van der Waals surface area contributed by atoms with Gasteiger partial charge in [-0.25, -0.2) is 0 Å². The van der Waals surface area contributed by atoms with Gasteiger partial charge in [0.2, 0.25) is 0 Å². The van der Waals surface area contributed by atoms with Gasteiger partial charge in [0.1, 0.15) is 11.5 Å². The molecule has 0 atom stereocenters. The molecular weight excluding hydrogens is 402 g/mol. The number of nitrogens with zero attached hydrogens (tertiary/aromatic N) is 1. The number of likely N-dealkylation sites (N-methyl/N-ethyl adjacent to an activating group) is 1. The number of carbonyl (C=O) groups is 1. The van der Waals surface area contributed by atoms with Crippen molar-refractivity contribution in [2.24, 2.45) is 0 Å². The van der Waals surface area contributed by atoms with Crippen LogP contribution in [0.4, 0.5) is 5.69 Å². The van der Waals surface area contributed by atoms with Crippen LogP contribution in [0.3, 0.4) is 0 Å². The van der Waals surface area contributed by atoms with Gasteiger partial charge in [0.25, 0.3) is 5.91 Å². The first-order chi connectivity index (χ1) is 15.6. The number of carbonyl (C=O) groups excluding carboxylic acids is 1. The van der Waals surface area contributed by atoms with E-state index in [0.717, 1.165) is 29.6 Å². The van der Waals surface area contributed by atoms with Crippen molar-refractivity contribution >= 4 is 22.5 Å². The number of hydrogen-bond acceptors (Lipinski definition) is 4. The number of nitrogens with one attached hydrogen (secondary N) is 2. The van der Waals surface area contributed by atoms with Crippen LogP contribution in [0.15, 0.2) is 42.6 Å². The second kappa shape index (κ2) is 10.1. The molecule has 1 aromatic heterocycles. The Balaban J connectivity index is 1.47. The molecule has 2 aromatic carbocycles. The van der Waals surface area contributed by atoms with Crippen LogP contribution < -0.4 is 14.8 Å². The summed E-state index contributed by atoms with van der Waals surface area (Å²) >= 11 is 0. The van der Waals surface area contributed by atoms with E-state index in [1.807, 2.05) is 12.1 Å². The fourth-order valence-corrected chi connectivity index (χ4v) is 4.61. The number of anilines is 1. The lowest BCUT2D eigenvalue weighted by molar-refractivity contribution is 0.102. The number of methoxy groups -OCH3 is 2. The summed E-state index contributed by atoms with van der Waals surface area (Å²) in [6.45, 7) is 1.04. The Morgan fingerprint density at radius 2 is 1.78 bits per heavy atom. The molecule has 1 fully saturated rings. The standard InChI is InChI=1S/C26H33N3O3/c1-29(21-7-5-4-6-8-21)12-11-18-17-27-25-10-9-20(15-24(18)25)28-26(30)19-13-22(31-2)16-23(14-19)32-3/h9-10,13-17,21,27H,4-8,11-12H2,1-3H3,(H,28,30). The quantitative estimate of drug-likeness (QED) is 0.507.